The first-order valence-electron chi connectivity index (χ1n) is 11.1. The number of piperazine rings is 1. The van der Waals surface area contributed by atoms with Crippen molar-refractivity contribution in [2.45, 2.75) is 38.1 Å². The van der Waals surface area contributed by atoms with E-state index in [0.29, 0.717) is 12.6 Å². The number of amides is 3. The molecule has 2 saturated heterocycles. The number of nitrogens with zero attached hydrogens (tertiary/aromatic N) is 1. The van der Waals surface area contributed by atoms with Gasteiger partial charge in [0.25, 0.3) is 5.91 Å². The SMILES string of the molecule is CC1CCC2(CC1)NC(=O)N(C[NH+]1CC[NH+](C/C=C/c3ccccc3)CC1)C2=O. The van der Waals surface area contributed by atoms with Crippen LogP contribution in [0.5, 0.6) is 0 Å². The fraction of sp³-hybridized carbons (Fsp3) is 0.565. The first kappa shape index (κ1) is 20.1. The molecule has 3 N–H and O–H groups in total. The monoisotopic (exact) mass is 398 g/mol. The zero-order valence-corrected chi connectivity index (χ0v) is 17.5. The van der Waals surface area contributed by atoms with Gasteiger partial charge >= 0.3 is 6.03 Å². The van der Waals surface area contributed by atoms with Crippen molar-refractivity contribution in [2.24, 2.45) is 5.92 Å². The maximum atomic E-state index is 13.0. The summed E-state index contributed by atoms with van der Waals surface area (Å²) in [5.74, 6) is 0.666. The van der Waals surface area contributed by atoms with Crippen LogP contribution in [0.3, 0.4) is 0 Å². The summed E-state index contributed by atoms with van der Waals surface area (Å²) in [5, 5.41) is 3.04. The van der Waals surface area contributed by atoms with Gasteiger partial charge < -0.3 is 15.1 Å². The van der Waals surface area contributed by atoms with Gasteiger partial charge in [0.1, 0.15) is 31.7 Å². The van der Waals surface area contributed by atoms with Crippen molar-refractivity contribution in [3.8, 4) is 0 Å². The van der Waals surface area contributed by atoms with Crippen LogP contribution in [0.2, 0.25) is 0 Å². The van der Waals surface area contributed by atoms with Crippen LogP contribution in [0.1, 0.15) is 38.2 Å². The van der Waals surface area contributed by atoms with E-state index in [-0.39, 0.29) is 11.9 Å². The molecule has 156 valence electrons. The highest BCUT2D eigenvalue weighted by atomic mass is 16.2. The van der Waals surface area contributed by atoms with Crippen LogP contribution < -0.4 is 15.1 Å². The Morgan fingerprint density at radius 3 is 2.41 bits per heavy atom. The first-order chi connectivity index (χ1) is 14.1. The molecule has 3 aliphatic rings. The van der Waals surface area contributed by atoms with Crippen molar-refractivity contribution in [1.29, 1.82) is 0 Å². The Balaban J connectivity index is 1.25. The number of carbonyl (C=O) groups is 2. The summed E-state index contributed by atoms with van der Waals surface area (Å²) in [6, 6.07) is 10.2. The van der Waals surface area contributed by atoms with Crippen LogP contribution in [0.25, 0.3) is 6.08 Å². The number of rotatable bonds is 5. The molecule has 0 aromatic heterocycles. The van der Waals surface area contributed by atoms with Gasteiger partial charge in [-0.05, 0) is 43.2 Å². The van der Waals surface area contributed by atoms with Crippen molar-refractivity contribution in [3.05, 3.63) is 42.0 Å². The summed E-state index contributed by atoms with van der Waals surface area (Å²) in [4.78, 5) is 29.9. The van der Waals surface area contributed by atoms with E-state index in [0.717, 1.165) is 58.4 Å². The van der Waals surface area contributed by atoms with E-state index < -0.39 is 5.54 Å². The highest BCUT2D eigenvalue weighted by molar-refractivity contribution is 6.06. The van der Waals surface area contributed by atoms with Crippen molar-refractivity contribution in [3.63, 3.8) is 0 Å². The third kappa shape index (κ3) is 4.54. The van der Waals surface area contributed by atoms with Gasteiger partial charge in [0, 0.05) is 0 Å². The highest BCUT2D eigenvalue weighted by Crippen LogP contribution is 2.35. The Labute approximate surface area is 173 Å². The molecule has 3 fully saturated rings. The number of hydrogen-bond acceptors (Lipinski definition) is 2. The summed E-state index contributed by atoms with van der Waals surface area (Å²) in [6.07, 6.45) is 8.05. The van der Waals surface area contributed by atoms with E-state index in [1.807, 2.05) is 6.07 Å². The molecule has 1 spiro atoms. The number of carbonyl (C=O) groups excluding carboxylic acids is 2. The normalized spacial score (nSPS) is 32.9. The summed E-state index contributed by atoms with van der Waals surface area (Å²) < 4.78 is 0. The molecular formula is C23H34N4O2+2. The minimum absolute atomic E-state index is 0.0162. The summed E-state index contributed by atoms with van der Waals surface area (Å²) in [5.41, 5.74) is 0.624. The Hall–Kier alpha value is -2.18. The van der Waals surface area contributed by atoms with Crippen molar-refractivity contribution < 1.29 is 19.4 Å². The van der Waals surface area contributed by atoms with Crippen LogP contribution in [-0.2, 0) is 4.79 Å². The fourth-order valence-corrected chi connectivity index (χ4v) is 4.88. The molecule has 2 heterocycles. The Morgan fingerprint density at radius 2 is 1.72 bits per heavy atom. The maximum absolute atomic E-state index is 13.0. The number of quaternary nitrogens is 2. The number of nitrogens with one attached hydrogen (secondary N) is 3. The minimum atomic E-state index is -0.613. The third-order valence-corrected chi connectivity index (χ3v) is 6.94. The second-order valence-corrected chi connectivity index (χ2v) is 9.10. The van der Waals surface area contributed by atoms with Gasteiger partial charge in [-0.2, -0.15) is 0 Å². The van der Waals surface area contributed by atoms with Crippen LogP contribution >= 0.6 is 0 Å². The van der Waals surface area contributed by atoms with Gasteiger partial charge in [-0.1, -0.05) is 43.3 Å². The number of imide groups is 1. The van der Waals surface area contributed by atoms with E-state index in [9.17, 15) is 9.59 Å². The molecule has 0 bridgehead atoms. The molecule has 29 heavy (non-hydrogen) atoms. The lowest BCUT2D eigenvalue weighted by Gasteiger charge is -2.34. The molecule has 1 aromatic carbocycles. The van der Waals surface area contributed by atoms with E-state index in [1.165, 1.54) is 15.4 Å². The second-order valence-electron chi connectivity index (χ2n) is 9.10. The van der Waals surface area contributed by atoms with Gasteiger partial charge in [0.2, 0.25) is 0 Å². The van der Waals surface area contributed by atoms with Crippen molar-refractivity contribution in [1.82, 2.24) is 10.2 Å². The van der Waals surface area contributed by atoms with Crippen molar-refractivity contribution >= 4 is 18.0 Å². The largest absolute Gasteiger partial charge is 0.329 e. The van der Waals surface area contributed by atoms with E-state index in [4.69, 9.17) is 0 Å². The lowest BCUT2D eigenvalue weighted by Crippen LogP contribution is -3.28. The standard InChI is InChI=1S/C23H32N4O2/c1-19-9-11-23(12-10-19)21(28)27(22(29)24-23)18-26-16-14-25(15-17-26)13-5-8-20-6-3-2-4-7-20/h2-8,19H,9-18H2,1H3,(H,24,29)/p+2/b8-5+. The number of urea groups is 1. The molecule has 1 aliphatic carbocycles. The smallest absolute Gasteiger partial charge is 0.323 e. The molecule has 0 unspecified atom stereocenters. The van der Waals surface area contributed by atoms with E-state index >= 15 is 0 Å². The second kappa shape index (κ2) is 8.67. The number of hydrogen-bond donors (Lipinski definition) is 3. The Morgan fingerprint density at radius 1 is 1.07 bits per heavy atom. The topological polar surface area (TPSA) is 58.3 Å². The van der Waals surface area contributed by atoms with Gasteiger partial charge in [-0.3, -0.25) is 4.79 Å². The zero-order chi connectivity index (χ0) is 20.3. The quantitative estimate of drug-likeness (QED) is 0.609. The molecule has 2 aliphatic heterocycles. The Bertz CT molecular complexity index is 747. The third-order valence-electron chi connectivity index (χ3n) is 6.94. The molecule has 1 aromatic rings. The molecule has 4 rings (SSSR count). The van der Waals surface area contributed by atoms with Crippen LogP contribution in [0.15, 0.2) is 36.4 Å². The van der Waals surface area contributed by atoms with E-state index in [1.54, 1.807) is 4.90 Å². The van der Waals surface area contributed by atoms with Gasteiger partial charge in [0.15, 0.2) is 6.67 Å². The molecule has 0 radical (unpaired) electrons. The predicted molar refractivity (Wildman–Crippen MR) is 112 cm³/mol. The number of benzene rings is 1. The lowest BCUT2D eigenvalue weighted by molar-refractivity contribution is -1.01. The minimum Gasteiger partial charge on any atom is -0.323 e. The molecule has 0 atom stereocenters. The summed E-state index contributed by atoms with van der Waals surface area (Å²) in [6.45, 7) is 7.89. The molecule has 6 heteroatoms. The average Bonchev–Trinajstić information content (AvgIpc) is 2.96. The summed E-state index contributed by atoms with van der Waals surface area (Å²) in [7, 11) is 0. The van der Waals surface area contributed by atoms with Gasteiger partial charge in [0.05, 0.1) is 6.54 Å². The van der Waals surface area contributed by atoms with Crippen LogP contribution in [-0.4, -0.2) is 61.8 Å². The summed E-state index contributed by atoms with van der Waals surface area (Å²) >= 11 is 0. The zero-order valence-electron chi connectivity index (χ0n) is 17.5. The Kier molecular flexibility index (Phi) is 6.01. The van der Waals surface area contributed by atoms with Gasteiger partial charge in [-0.15, -0.1) is 0 Å². The van der Waals surface area contributed by atoms with Crippen LogP contribution in [0, 0.1) is 5.92 Å². The lowest BCUT2D eigenvalue weighted by atomic mass is 9.77. The molecule has 6 nitrogen and oxygen atoms in total. The predicted octanol–water partition coefficient (Wildman–Crippen LogP) is -0.0586. The molecule has 1 saturated carbocycles. The molecular weight excluding hydrogens is 364 g/mol. The molecule has 3 amide bonds. The van der Waals surface area contributed by atoms with E-state index in [2.05, 4.69) is 48.7 Å². The van der Waals surface area contributed by atoms with Crippen molar-refractivity contribution in [2.75, 3.05) is 39.4 Å². The maximum Gasteiger partial charge on any atom is 0.329 e. The first-order valence-corrected chi connectivity index (χ1v) is 11.1. The highest BCUT2D eigenvalue weighted by Gasteiger charge is 2.53. The van der Waals surface area contributed by atoms with Gasteiger partial charge in [-0.25, -0.2) is 9.69 Å². The van der Waals surface area contributed by atoms with Crippen LogP contribution in [0.4, 0.5) is 4.79 Å². The average molecular weight is 399 g/mol. The fourth-order valence-electron chi connectivity index (χ4n) is 4.88.